The molecule has 0 spiro atoms. The molecule has 20 heavy (non-hydrogen) atoms. The molecule has 1 aliphatic rings. The van der Waals surface area contributed by atoms with Gasteiger partial charge in [-0.2, -0.15) is 0 Å². The van der Waals surface area contributed by atoms with Crippen molar-refractivity contribution < 1.29 is 0 Å². The van der Waals surface area contributed by atoms with Crippen LogP contribution in [0.5, 0.6) is 0 Å². The van der Waals surface area contributed by atoms with Crippen LogP contribution in [0.1, 0.15) is 32.1 Å². The van der Waals surface area contributed by atoms with E-state index in [-0.39, 0.29) is 0 Å². The Bertz CT molecular complexity index is 556. The fourth-order valence-corrected chi connectivity index (χ4v) is 3.36. The molecule has 106 valence electrons. The zero-order valence-electron chi connectivity index (χ0n) is 12.0. The molecule has 0 atom stereocenters. The lowest BCUT2D eigenvalue weighted by Crippen LogP contribution is -2.40. The van der Waals surface area contributed by atoms with Gasteiger partial charge >= 0.3 is 0 Å². The van der Waals surface area contributed by atoms with Gasteiger partial charge in [0.05, 0.1) is 5.52 Å². The quantitative estimate of drug-likeness (QED) is 0.925. The van der Waals surface area contributed by atoms with Crippen LogP contribution in [0, 0.1) is 0 Å². The number of fused-ring (bicyclic) bond motifs is 1. The minimum atomic E-state index is 0.637. The first-order chi connectivity index (χ1) is 9.90. The highest BCUT2D eigenvalue weighted by Crippen LogP contribution is 2.31. The van der Waals surface area contributed by atoms with Crippen LogP contribution in [-0.4, -0.2) is 24.1 Å². The van der Waals surface area contributed by atoms with Crippen molar-refractivity contribution in [2.75, 3.05) is 18.0 Å². The highest BCUT2D eigenvalue weighted by Gasteiger charge is 2.22. The largest absolute Gasteiger partial charge is 0.367 e. The summed E-state index contributed by atoms with van der Waals surface area (Å²) in [5, 5.41) is 1.24. The van der Waals surface area contributed by atoms with Gasteiger partial charge in [0.15, 0.2) is 0 Å². The Kier molecular flexibility index (Phi) is 4.16. The number of benzene rings is 1. The number of hydrogen-bond acceptors (Lipinski definition) is 3. The van der Waals surface area contributed by atoms with E-state index in [1.54, 1.807) is 0 Å². The minimum absolute atomic E-state index is 0.637. The van der Waals surface area contributed by atoms with E-state index < -0.39 is 0 Å². The van der Waals surface area contributed by atoms with Gasteiger partial charge in [0, 0.05) is 36.4 Å². The molecule has 1 aliphatic carbocycles. The fraction of sp³-hybridized carbons (Fsp3) is 0.471. The van der Waals surface area contributed by atoms with Gasteiger partial charge in [-0.25, -0.2) is 0 Å². The molecule has 0 saturated heterocycles. The molecule has 2 aromatic rings. The van der Waals surface area contributed by atoms with Crippen LogP contribution >= 0.6 is 0 Å². The Labute approximate surface area is 120 Å². The molecule has 1 aromatic carbocycles. The lowest BCUT2D eigenvalue weighted by molar-refractivity contribution is 0.416. The van der Waals surface area contributed by atoms with Crippen molar-refractivity contribution in [1.29, 1.82) is 0 Å². The molecule has 1 saturated carbocycles. The third-order valence-corrected chi connectivity index (χ3v) is 4.32. The maximum absolute atomic E-state index is 5.86. The van der Waals surface area contributed by atoms with Crippen molar-refractivity contribution in [3.63, 3.8) is 0 Å². The summed E-state index contributed by atoms with van der Waals surface area (Å²) in [6.07, 6.45) is 8.56. The molecule has 1 heterocycles. The summed E-state index contributed by atoms with van der Waals surface area (Å²) in [5.41, 5.74) is 8.23. The van der Waals surface area contributed by atoms with E-state index in [0.717, 1.165) is 12.1 Å². The number of hydrogen-bond donors (Lipinski definition) is 1. The molecule has 0 radical (unpaired) electrons. The maximum Gasteiger partial charge on any atom is 0.0722 e. The van der Waals surface area contributed by atoms with Crippen molar-refractivity contribution in [2.45, 2.75) is 38.1 Å². The molecule has 3 nitrogen and oxygen atoms in total. The highest BCUT2D eigenvalue weighted by atomic mass is 15.2. The lowest BCUT2D eigenvalue weighted by Gasteiger charge is -2.36. The molecule has 1 aromatic heterocycles. The third kappa shape index (κ3) is 2.63. The number of nitrogens with zero attached hydrogens (tertiary/aromatic N) is 2. The van der Waals surface area contributed by atoms with E-state index >= 15 is 0 Å². The number of rotatable bonds is 4. The molecule has 3 heteroatoms. The zero-order valence-corrected chi connectivity index (χ0v) is 12.0. The summed E-state index contributed by atoms with van der Waals surface area (Å²) < 4.78 is 0. The van der Waals surface area contributed by atoms with Crippen LogP contribution in [0.2, 0.25) is 0 Å². The van der Waals surface area contributed by atoms with Crippen molar-refractivity contribution in [3.8, 4) is 0 Å². The average molecular weight is 269 g/mol. The van der Waals surface area contributed by atoms with Gasteiger partial charge in [0.1, 0.15) is 0 Å². The van der Waals surface area contributed by atoms with Crippen molar-refractivity contribution in [1.82, 2.24) is 4.98 Å². The zero-order chi connectivity index (χ0) is 13.8. The van der Waals surface area contributed by atoms with Gasteiger partial charge in [0.2, 0.25) is 0 Å². The third-order valence-electron chi connectivity index (χ3n) is 4.32. The Morgan fingerprint density at radius 2 is 1.90 bits per heavy atom. The number of anilines is 1. The predicted molar refractivity (Wildman–Crippen MR) is 85.0 cm³/mol. The van der Waals surface area contributed by atoms with Crippen LogP contribution < -0.4 is 10.6 Å². The first-order valence-corrected chi connectivity index (χ1v) is 7.70. The number of nitrogens with two attached hydrogens (primary N) is 1. The second kappa shape index (κ2) is 6.23. The van der Waals surface area contributed by atoms with Gasteiger partial charge in [-0.15, -0.1) is 0 Å². The molecule has 0 aliphatic heterocycles. The summed E-state index contributed by atoms with van der Waals surface area (Å²) in [6.45, 7) is 1.63. The van der Waals surface area contributed by atoms with Gasteiger partial charge < -0.3 is 10.6 Å². The fourth-order valence-electron chi connectivity index (χ4n) is 3.36. The lowest BCUT2D eigenvalue weighted by atomic mass is 9.93. The van der Waals surface area contributed by atoms with Crippen LogP contribution in [0.3, 0.4) is 0 Å². The normalized spacial score (nSPS) is 16.4. The van der Waals surface area contributed by atoms with Gasteiger partial charge in [0.25, 0.3) is 0 Å². The SMILES string of the molecule is NCCN(c1ccnc2ccccc12)C1CCCCC1. The van der Waals surface area contributed by atoms with Crippen molar-refractivity contribution in [2.24, 2.45) is 5.73 Å². The van der Waals surface area contributed by atoms with Crippen LogP contribution in [-0.2, 0) is 0 Å². The Hall–Kier alpha value is -1.61. The summed E-state index contributed by atoms with van der Waals surface area (Å²) >= 11 is 0. The van der Waals surface area contributed by atoms with E-state index in [1.165, 1.54) is 43.2 Å². The first-order valence-electron chi connectivity index (χ1n) is 7.70. The predicted octanol–water partition coefficient (Wildman–Crippen LogP) is 3.33. The molecular weight excluding hydrogens is 246 g/mol. The Morgan fingerprint density at radius 3 is 2.70 bits per heavy atom. The molecule has 0 unspecified atom stereocenters. The van der Waals surface area contributed by atoms with Crippen LogP contribution in [0.15, 0.2) is 36.5 Å². The standard InChI is InChI=1S/C17H23N3/c18-11-13-20(14-6-2-1-3-7-14)17-10-12-19-16-9-5-4-8-15(16)17/h4-5,8-10,12,14H,1-3,6-7,11,13,18H2. The molecule has 0 bridgehead atoms. The monoisotopic (exact) mass is 269 g/mol. The van der Waals surface area contributed by atoms with E-state index in [1.807, 2.05) is 12.3 Å². The van der Waals surface area contributed by atoms with Gasteiger partial charge in [-0.1, -0.05) is 37.5 Å². The summed E-state index contributed by atoms with van der Waals surface area (Å²) in [6, 6.07) is 11.2. The smallest absolute Gasteiger partial charge is 0.0722 e. The summed E-state index contributed by atoms with van der Waals surface area (Å²) in [5.74, 6) is 0. The highest BCUT2D eigenvalue weighted by molar-refractivity contribution is 5.91. The van der Waals surface area contributed by atoms with Gasteiger partial charge in [-0.3, -0.25) is 4.98 Å². The number of para-hydroxylation sites is 1. The van der Waals surface area contributed by atoms with Crippen molar-refractivity contribution >= 4 is 16.6 Å². The minimum Gasteiger partial charge on any atom is -0.367 e. The van der Waals surface area contributed by atoms with Crippen molar-refractivity contribution in [3.05, 3.63) is 36.5 Å². The molecule has 0 amide bonds. The molecule has 2 N–H and O–H groups in total. The van der Waals surface area contributed by atoms with Crippen LogP contribution in [0.4, 0.5) is 5.69 Å². The number of aromatic nitrogens is 1. The molecule has 3 rings (SSSR count). The second-order valence-electron chi connectivity index (χ2n) is 5.62. The van der Waals surface area contributed by atoms with Gasteiger partial charge in [-0.05, 0) is 25.0 Å². The van der Waals surface area contributed by atoms with E-state index in [4.69, 9.17) is 5.73 Å². The molecular formula is C17H23N3. The topological polar surface area (TPSA) is 42.1 Å². The Morgan fingerprint density at radius 1 is 1.10 bits per heavy atom. The summed E-state index contributed by atoms with van der Waals surface area (Å²) in [7, 11) is 0. The van der Waals surface area contributed by atoms with E-state index in [9.17, 15) is 0 Å². The first kappa shape index (κ1) is 13.4. The average Bonchev–Trinajstić information content (AvgIpc) is 2.53. The Balaban J connectivity index is 2.00. The van der Waals surface area contributed by atoms with E-state index in [0.29, 0.717) is 12.6 Å². The van der Waals surface area contributed by atoms with E-state index in [2.05, 4.69) is 34.1 Å². The summed E-state index contributed by atoms with van der Waals surface area (Å²) in [4.78, 5) is 6.99. The maximum atomic E-state index is 5.86. The molecule has 1 fully saturated rings. The number of pyridine rings is 1. The second-order valence-corrected chi connectivity index (χ2v) is 5.62. The van der Waals surface area contributed by atoms with Crippen LogP contribution in [0.25, 0.3) is 10.9 Å².